The first-order valence-electron chi connectivity index (χ1n) is 12.3. The highest BCUT2D eigenvalue weighted by Crippen LogP contribution is 2.30. The molecule has 0 aromatic heterocycles. The summed E-state index contributed by atoms with van der Waals surface area (Å²) < 4.78 is 12.5. The Hall–Kier alpha value is -4.11. The second kappa shape index (κ2) is 12.6. The Morgan fingerprint density at radius 3 is 2.29 bits per heavy atom. The van der Waals surface area contributed by atoms with Gasteiger partial charge in [0.2, 0.25) is 0 Å². The number of hydrogen-bond acceptors (Lipinski definition) is 5. The molecular formula is C31H21BrCl2N2O5. The summed E-state index contributed by atoms with van der Waals surface area (Å²) >= 11 is 15.6. The number of amides is 4. The van der Waals surface area contributed by atoms with E-state index in [1.807, 2.05) is 30.3 Å². The van der Waals surface area contributed by atoms with Gasteiger partial charge in [-0.3, -0.25) is 14.9 Å². The minimum atomic E-state index is -0.851. The number of benzene rings is 4. The van der Waals surface area contributed by atoms with Crippen LogP contribution in [-0.2, 0) is 22.8 Å². The molecule has 0 spiro atoms. The normalized spacial score (nSPS) is 14.3. The van der Waals surface area contributed by atoms with Crippen molar-refractivity contribution in [1.82, 2.24) is 5.32 Å². The van der Waals surface area contributed by atoms with Crippen LogP contribution in [0.15, 0.2) is 101 Å². The first-order chi connectivity index (χ1) is 19.8. The highest BCUT2D eigenvalue weighted by molar-refractivity contribution is 9.10. The summed E-state index contributed by atoms with van der Waals surface area (Å²) in [6.07, 6.45) is 1.40. The smallest absolute Gasteiger partial charge is 0.335 e. The van der Waals surface area contributed by atoms with Gasteiger partial charge in [0.1, 0.15) is 30.3 Å². The molecule has 4 aromatic rings. The first kappa shape index (κ1) is 28.4. The topological polar surface area (TPSA) is 84.9 Å². The molecule has 0 saturated carbocycles. The summed E-state index contributed by atoms with van der Waals surface area (Å²) in [4.78, 5) is 39.8. The number of barbiturate groups is 1. The van der Waals surface area contributed by atoms with Crippen LogP contribution in [0.3, 0.4) is 0 Å². The fourth-order valence-corrected chi connectivity index (χ4v) is 4.72. The van der Waals surface area contributed by atoms with Crippen LogP contribution in [0.5, 0.6) is 11.5 Å². The molecule has 5 rings (SSSR count). The van der Waals surface area contributed by atoms with Gasteiger partial charge in [-0.1, -0.05) is 69.5 Å². The number of hydrogen-bond donors (Lipinski definition) is 1. The van der Waals surface area contributed by atoms with E-state index >= 15 is 0 Å². The van der Waals surface area contributed by atoms with Crippen molar-refractivity contribution in [2.75, 3.05) is 4.90 Å². The van der Waals surface area contributed by atoms with Gasteiger partial charge in [0.05, 0.1) is 5.69 Å². The Bertz CT molecular complexity index is 1660. The molecule has 1 fully saturated rings. The van der Waals surface area contributed by atoms with Crippen molar-refractivity contribution in [3.05, 3.63) is 128 Å². The molecule has 1 aliphatic rings. The molecule has 1 N–H and O–H groups in total. The predicted molar refractivity (Wildman–Crippen MR) is 161 cm³/mol. The number of anilines is 1. The molecule has 0 aliphatic carbocycles. The molecule has 1 saturated heterocycles. The number of carbonyl (C=O) groups excluding carboxylic acids is 3. The first-order valence-corrected chi connectivity index (χ1v) is 13.9. The molecular weight excluding hydrogens is 631 g/mol. The summed E-state index contributed by atoms with van der Waals surface area (Å²) in [7, 11) is 0. The van der Waals surface area contributed by atoms with Crippen LogP contribution >= 0.6 is 39.1 Å². The van der Waals surface area contributed by atoms with Crippen LogP contribution < -0.4 is 19.7 Å². The van der Waals surface area contributed by atoms with Gasteiger partial charge in [0.15, 0.2) is 0 Å². The van der Waals surface area contributed by atoms with Crippen LogP contribution in [0.2, 0.25) is 10.0 Å². The molecule has 0 atom stereocenters. The van der Waals surface area contributed by atoms with Crippen LogP contribution in [0.1, 0.15) is 16.7 Å². The monoisotopic (exact) mass is 650 g/mol. The van der Waals surface area contributed by atoms with E-state index in [2.05, 4.69) is 21.2 Å². The SMILES string of the molecule is O=C1NC(=O)N(c2ccc(OCc3ccc(Cl)cc3)cc2)C(=O)/C1=C/c1cc(Br)ccc1OCc1ccccc1Cl. The summed E-state index contributed by atoms with van der Waals surface area (Å²) in [5.41, 5.74) is 2.22. The zero-order chi connectivity index (χ0) is 28.9. The third-order valence-corrected chi connectivity index (χ3v) is 7.24. The number of rotatable bonds is 8. The van der Waals surface area contributed by atoms with Crippen LogP contribution in [0, 0.1) is 0 Å². The molecule has 4 aromatic carbocycles. The van der Waals surface area contributed by atoms with Gasteiger partial charge in [0, 0.05) is 25.6 Å². The maximum atomic E-state index is 13.5. The Kier molecular flexibility index (Phi) is 8.73. The Morgan fingerprint density at radius 1 is 0.829 bits per heavy atom. The Balaban J connectivity index is 1.36. The van der Waals surface area contributed by atoms with E-state index in [9.17, 15) is 14.4 Å². The fraction of sp³-hybridized carbons (Fsp3) is 0.0645. The average molecular weight is 652 g/mol. The Labute approximate surface area is 254 Å². The number of halogens is 3. The Morgan fingerprint density at radius 2 is 1.56 bits per heavy atom. The second-order valence-corrected chi connectivity index (χ2v) is 10.7. The zero-order valence-corrected chi connectivity index (χ0v) is 24.4. The van der Waals surface area contributed by atoms with E-state index in [1.165, 1.54) is 6.08 Å². The van der Waals surface area contributed by atoms with Crippen molar-refractivity contribution >= 4 is 68.7 Å². The third kappa shape index (κ3) is 6.79. The van der Waals surface area contributed by atoms with E-state index in [0.717, 1.165) is 16.0 Å². The van der Waals surface area contributed by atoms with Gasteiger partial charge in [-0.15, -0.1) is 0 Å². The summed E-state index contributed by atoms with van der Waals surface area (Å²) in [5, 5.41) is 3.43. The molecule has 4 amide bonds. The summed E-state index contributed by atoms with van der Waals surface area (Å²) in [6.45, 7) is 0.489. The van der Waals surface area contributed by atoms with Gasteiger partial charge < -0.3 is 9.47 Å². The summed E-state index contributed by atoms with van der Waals surface area (Å²) in [6, 6.07) is 25.3. The molecule has 0 unspecified atom stereocenters. The van der Waals surface area contributed by atoms with E-state index in [-0.39, 0.29) is 17.9 Å². The lowest BCUT2D eigenvalue weighted by Gasteiger charge is -2.26. The highest BCUT2D eigenvalue weighted by atomic mass is 79.9. The molecule has 0 bridgehead atoms. The molecule has 0 radical (unpaired) electrons. The second-order valence-electron chi connectivity index (χ2n) is 8.93. The number of imide groups is 2. The van der Waals surface area contributed by atoms with Crippen LogP contribution in [-0.4, -0.2) is 17.8 Å². The van der Waals surface area contributed by atoms with Crippen molar-refractivity contribution < 1.29 is 23.9 Å². The van der Waals surface area contributed by atoms with Crippen molar-refractivity contribution in [3.8, 4) is 11.5 Å². The van der Waals surface area contributed by atoms with Gasteiger partial charge in [-0.05, 0) is 72.3 Å². The molecule has 206 valence electrons. The molecule has 1 aliphatic heterocycles. The van der Waals surface area contributed by atoms with E-state index in [4.69, 9.17) is 32.7 Å². The van der Waals surface area contributed by atoms with Crippen LogP contribution in [0.25, 0.3) is 6.08 Å². The van der Waals surface area contributed by atoms with E-state index in [0.29, 0.717) is 38.2 Å². The van der Waals surface area contributed by atoms with Gasteiger partial charge in [0.25, 0.3) is 11.8 Å². The maximum absolute atomic E-state index is 13.5. The molecule has 1 heterocycles. The quantitative estimate of drug-likeness (QED) is 0.157. The van der Waals surface area contributed by atoms with Crippen molar-refractivity contribution in [1.29, 1.82) is 0 Å². The number of carbonyl (C=O) groups is 3. The average Bonchev–Trinajstić information content (AvgIpc) is 2.96. The minimum Gasteiger partial charge on any atom is -0.489 e. The van der Waals surface area contributed by atoms with Gasteiger partial charge >= 0.3 is 6.03 Å². The predicted octanol–water partition coefficient (Wildman–Crippen LogP) is 7.58. The largest absolute Gasteiger partial charge is 0.489 e. The zero-order valence-electron chi connectivity index (χ0n) is 21.3. The van der Waals surface area contributed by atoms with Gasteiger partial charge in [-0.25, -0.2) is 9.69 Å². The minimum absolute atomic E-state index is 0.175. The lowest BCUT2D eigenvalue weighted by molar-refractivity contribution is -0.122. The number of ether oxygens (including phenoxy) is 2. The maximum Gasteiger partial charge on any atom is 0.335 e. The lowest BCUT2D eigenvalue weighted by Crippen LogP contribution is -2.54. The molecule has 10 heteroatoms. The third-order valence-electron chi connectivity index (χ3n) is 6.13. The fourth-order valence-electron chi connectivity index (χ4n) is 4.02. The van der Waals surface area contributed by atoms with E-state index in [1.54, 1.807) is 60.7 Å². The van der Waals surface area contributed by atoms with Crippen LogP contribution in [0.4, 0.5) is 10.5 Å². The van der Waals surface area contributed by atoms with Crippen molar-refractivity contribution in [3.63, 3.8) is 0 Å². The standard InChI is InChI=1S/C31H21BrCl2N2O5/c32-22-7-14-28(41-18-20-3-1-2-4-27(20)34)21(15-22)16-26-29(37)35-31(39)36(30(26)38)24-10-12-25(13-11-24)40-17-19-5-8-23(33)9-6-19/h1-16H,17-18H2,(H,35,37,39)/b26-16+. The lowest BCUT2D eigenvalue weighted by atomic mass is 10.1. The van der Waals surface area contributed by atoms with Crippen molar-refractivity contribution in [2.45, 2.75) is 13.2 Å². The van der Waals surface area contributed by atoms with E-state index < -0.39 is 17.8 Å². The molecule has 41 heavy (non-hydrogen) atoms. The number of nitrogens with one attached hydrogen (secondary N) is 1. The molecule has 7 nitrogen and oxygen atoms in total. The number of urea groups is 1. The van der Waals surface area contributed by atoms with Gasteiger partial charge in [-0.2, -0.15) is 0 Å². The number of nitrogens with zero attached hydrogens (tertiary/aromatic N) is 1. The summed E-state index contributed by atoms with van der Waals surface area (Å²) in [5.74, 6) is -0.622. The van der Waals surface area contributed by atoms with Crippen molar-refractivity contribution in [2.24, 2.45) is 0 Å². The highest BCUT2D eigenvalue weighted by Gasteiger charge is 2.37.